The first kappa shape index (κ1) is 21.8. The standard InChI is InChI=1S/C23H34N4O4/c1-13(2)27-19(5-6-24-27)26-20(28)15(4)31-21(29)14(3)25-22(30)23-10-16-7-17(11-23)9-18(8-16)12-23/h5-6,13-18H,7-12H2,1-4H3,(H,25,30)(H,26,28). The summed E-state index contributed by atoms with van der Waals surface area (Å²) in [4.78, 5) is 38.2. The third kappa shape index (κ3) is 4.34. The zero-order chi connectivity index (χ0) is 22.3. The van der Waals surface area contributed by atoms with E-state index in [1.165, 1.54) is 26.2 Å². The number of carbonyl (C=O) groups excluding carboxylic acids is 3. The average Bonchev–Trinajstić information content (AvgIpc) is 3.15. The predicted molar refractivity (Wildman–Crippen MR) is 115 cm³/mol. The molecule has 1 aromatic rings. The molecule has 4 aliphatic carbocycles. The molecule has 170 valence electrons. The summed E-state index contributed by atoms with van der Waals surface area (Å²) in [5, 5.41) is 9.81. The maximum absolute atomic E-state index is 13.1. The van der Waals surface area contributed by atoms with Crippen molar-refractivity contribution in [1.82, 2.24) is 15.1 Å². The third-order valence-electron chi connectivity index (χ3n) is 7.29. The van der Waals surface area contributed by atoms with Crippen molar-refractivity contribution in [2.24, 2.45) is 23.2 Å². The fourth-order valence-corrected chi connectivity index (χ4v) is 6.18. The summed E-state index contributed by atoms with van der Waals surface area (Å²) in [6.45, 7) is 7.07. The minimum atomic E-state index is -0.984. The molecule has 4 bridgehead atoms. The normalized spacial score (nSPS) is 30.7. The number of ether oxygens (including phenoxy) is 1. The molecular formula is C23H34N4O4. The molecule has 2 amide bonds. The van der Waals surface area contributed by atoms with Crippen LogP contribution in [0.4, 0.5) is 5.82 Å². The number of nitrogens with zero attached hydrogens (tertiary/aromatic N) is 2. The van der Waals surface area contributed by atoms with Crippen LogP contribution in [0.5, 0.6) is 0 Å². The van der Waals surface area contributed by atoms with E-state index in [-0.39, 0.29) is 17.4 Å². The van der Waals surface area contributed by atoms with Gasteiger partial charge in [0, 0.05) is 17.5 Å². The van der Waals surface area contributed by atoms with Crippen LogP contribution in [-0.2, 0) is 19.1 Å². The molecule has 31 heavy (non-hydrogen) atoms. The molecule has 4 aliphatic rings. The molecule has 2 unspecified atom stereocenters. The van der Waals surface area contributed by atoms with Gasteiger partial charge in [-0.1, -0.05) is 0 Å². The second kappa shape index (κ2) is 8.28. The molecular weight excluding hydrogens is 396 g/mol. The first-order valence-electron chi connectivity index (χ1n) is 11.5. The number of esters is 1. The number of amides is 2. The molecule has 8 heteroatoms. The lowest BCUT2D eigenvalue weighted by atomic mass is 9.49. The van der Waals surface area contributed by atoms with Gasteiger partial charge in [-0.15, -0.1) is 0 Å². The Labute approximate surface area is 183 Å². The molecule has 0 aliphatic heterocycles. The molecule has 0 radical (unpaired) electrons. The first-order chi connectivity index (χ1) is 14.7. The predicted octanol–water partition coefficient (Wildman–Crippen LogP) is 3.06. The van der Waals surface area contributed by atoms with Gasteiger partial charge in [-0.3, -0.25) is 9.59 Å². The molecule has 1 heterocycles. The van der Waals surface area contributed by atoms with Crippen LogP contribution in [0.2, 0.25) is 0 Å². The summed E-state index contributed by atoms with van der Waals surface area (Å²) in [5.74, 6) is 1.46. The zero-order valence-electron chi connectivity index (χ0n) is 18.9. The maximum Gasteiger partial charge on any atom is 0.329 e. The largest absolute Gasteiger partial charge is 0.451 e. The summed E-state index contributed by atoms with van der Waals surface area (Å²) in [7, 11) is 0. The highest BCUT2D eigenvalue weighted by Gasteiger charge is 2.54. The Morgan fingerprint density at radius 1 is 1.06 bits per heavy atom. The minimum absolute atomic E-state index is 0.0195. The summed E-state index contributed by atoms with van der Waals surface area (Å²) >= 11 is 0. The molecule has 8 nitrogen and oxygen atoms in total. The molecule has 1 aromatic heterocycles. The van der Waals surface area contributed by atoms with Crippen LogP contribution in [0, 0.1) is 23.2 Å². The van der Waals surface area contributed by atoms with Gasteiger partial charge in [0.2, 0.25) is 5.91 Å². The number of anilines is 1. The number of rotatable bonds is 7. The Balaban J connectivity index is 1.30. The summed E-state index contributed by atoms with van der Waals surface area (Å²) < 4.78 is 7.03. The number of aromatic nitrogens is 2. The van der Waals surface area contributed by atoms with Crippen molar-refractivity contribution in [2.45, 2.75) is 84.4 Å². The van der Waals surface area contributed by atoms with E-state index in [9.17, 15) is 14.4 Å². The van der Waals surface area contributed by atoms with Crippen LogP contribution >= 0.6 is 0 Å². The van der Waals surface area contributed by atoms with E-state index in [2.05, 4.69) is 15.7 Å². The number of nitrogens with one attached hydrogen (secondary N) is 2. The SMILES string of the molecule is CC(NC(=O)C12CC3CC(CC(C3)C1)C2)C(=O)OC(C)C(=O)Nc1ccnn1C(C)C. The topological polar surface area (TPSA) is 102 Å². The van der Waals surface area contributed by atoms with Crippen molar-refractivity contribution >= 4 is 23.6 Å². The molecule has 0 saturated heterocycles. The number of carbonyl (C=O) groups is 3. The van der Waals surface area contributed by atoms with Gasteiger partial charge in [0.25, 0.3) is 5.91 Å². The molecule has 5 rings (SSSR count). The minimum Gasteiger partial charge on any atom is -0.451 e. The van der Waals surface area contributed by atoms with Gasteiger partial charge in [0.05, 0.1) is 6.20 Å². The van der Waals surface area contributed by atoms with Gasteiger partial charge >= 0.3 is 5.97 Å². The maximum atomic E-state index is 13.1. The van der Waals surface area contributed by atoms with E-state index in [4.69, 9.17) is 4.74 Å². The molecule has 0 spiro atoms. The summed E-state index contributed by atoms with van der Waals surface area (Å²) in [6, 6.07) is 0.987. The Morgan fingerprint density at radius 3 is 2.19 bits per heavy atom. The van der Waals surface area contributed by atoms with E-state index in [1.54, 1.807) is 23.9 Å². The Morgan fingerprint density at radius 2 is 1.65 bits per heavy atom. The van der Waals surface area contributed by atoms with E-state index in [0.717, 1.165) is 19.3 Å². The van der Waals surface area contributed by atoms with Gasteiger partial charge in [-0.05, 0) is 84.0 Å². The van der Waals surface area contributed by atoms with Crippen molar-refractivity contribution in [3.63, 3.8) is 0 Å². The van der Waals surface area contributed by atoms with Gasteiger partial charge in [-0.2, -0.15) is 5.10 Å². The Kier molecular flexibility index (Phi) is 5.83. The van der Waals surface area contributed by atoms with Gasteiger partial charge in [0.1, 0.15) is 11.9 Å². The molecule has 2 atom stereocenters. The third-order valence-corrected chi connectivity index (χ3v) is 7.29. The second-order valence-electron chi connectivity index (χ2n) is 10.2. The molecule has 4 saturated carbocycles. The van der Waals surface area contributed by atoms with Crippen LogP contribution in [0.1, 0.15) is 72.3 Å². The van der Waals surface area contributed by atoms with E-state index >= 15 is 0 Å². The fourth-order valence-electron chi connectivity index (χ4n) is 6.18. The fraction of sp³-hybridized carbons (Fsp3) is 0.739. The van der Waals surface area contributed by atoms with E-state index in [1.807, 2.05) is 13.8 Å². The number of hydrogen-bond acceptors (Lipinski definition) is 5. The monoisotopic (exact) mass is 430 g/mol. The van der Waals surface area contributed by atoms with Crippen LogP contribution in [0.15, 0.2) is 12.3 Å². The first-order valence-corrected chi connectivity index (χ1v) is 11.5. The van der Waals surface area contributed by atoms with Crippen LogP contribution in [-0.4, -0.2) is 39.7 Å². The Bertz CT molecular complexity index is 826. The lowest BCUT2D eigenvalue weighted by molar-refractivity contribution is -0.158. The molecule has 0 aromatic carbocycles. The molecule has 4 fully saturated rings. The van der Waals surface area contributed by atoms with Crippen molar-refractivity contribution < 1.29 is 19.1 Å². The quantitative estimate of drug-likeness (QED) is 0.647. The number of hydrogen-bond donors (Lipinski definition) is 2. The molecule has 2 N–H and O–H groups in total. The average molecular weight is 431 g/mol. The second-order valence-corrected chi connectivity index (χ2v) is 10.2. The van der Waals surface area contributed by atoms with Crippen LogP contribution in [0.25, 0.3) is 0 Å². The lowest BCUT2D eigenvalue weighted by Gasteiger charge is -2.55. The highest BCUT2D eigenvalue weighted by Crippen LogP contribution is 2.60. The van der Waals surface area contributed by atoms with E-state index < -0.39 is 24.0 Å². The van der Waals surface area contributed by atoms with Crippen molar-refractivity contribution in [3.05, 3.63) is 12.3 Å². The van der Waals surface area contributed by atoms with Gasteiger partial charge in [0.15, 0.2) is 6.10 Å². The zero-order valence-corrected chi connectivity index (χ0v) is 18.9. The van der Waals surface area contributed by atoms with Crippen molar-refractivity contribution in [3.8, 4) is 0 Å². The van der Waals surface area contributed by atoms with Gasteiger partial charge < -0.3 is 15.4 Å². The van der Waals surface area contributed by atoms with Crippen LogP contribution < -0.4 is 10.6 Å². The van der Waals surface area contributed by atoms with Crippen molar-refractivity contribution in [1.29, 1.82) is 0 Å². The highest BCUT2D eigenvalue weighted by atomic mass is 16.5. The Hall–Kier alpha value is -2.38. The van der Waals surface area contributed by atoms with E-state index in [0.29, 0.717) is 23.6 Å². The highest BCUT2D eigenvalue weighted by molar-refractivity contribution is 5.95. The lowest BCUT2D eigenvalue weighted by Crippen LogP contribution is -2.56. The smallest absolute Gasteiger partial charge is 0.329 e. The summed E-state index contributed by atoms with van der Waals surface area (Å²) in [5.41, 5.74) is -0.318. The van der Waals surface area contributed by atoms with Crippen LogP contribution in [0.3, 0.4) is 0 Å². The van der Waals surface area contributed by atoms with Crippen molar-refractivity contribution in [2.75, 3.05) is 5.32 Å². The summed E-state index contributed by atoms with van der Waals surface area (Å²) in [6.07, 6.45) is 7.21. The van der Waals surface area contributed by atoms with Gasteiger partial charge in [-0.25, -0.2) is 9.48 Å².